The zero-order chi connectivity index (χ0) is 11.9. The van der Waals surface area contributed by atoms with E-state index in [-0.39, 0.29) is 16.7 Å². The van der Waals surface area contributed by atoms with Crippen molar-refractivity contribution in [3.63, 3.8) is 0 Å². The van der Waals surface area contributed by atoms with Crippen molar-refractivity contribution in [2.24, 2.45) is 0 Å². The Hall–Kier alpha value is -1.36. The number of halogens is 1. The van der Waals surface area contributed by atoms with E-state index in [0.29, 0.717) is 0 Å². The second-order valence-corrected chi connectivity index (χ2v) is 4.79. The molecule has 0 aliphatic heterocycles. The van der Waals surface area contributed by atoms with Crippen molar-refractivity contribution in [3.8, 4) is 0 Å². The fourth-order valence-electron chi connectivity index (χ4n) is 1.74. The fourth-order valence-corrected chi connectivity index (χ4v) is 2.29. The van der Waals surface area contributed by atoms with Crippen molar-refractivity contribution in [1.29, 1.82) is 0 Å². The number of hydrogen-bond acceptors (Lipinski definition) is 2. The van der Waals surface area contributed by atoms with Gasteiger partial charge in [0.05, 0.1) is 10.4 Å². The van der Waals surface area contributed by atoms with E-state index in [1.165, 1.54) is 6.07 Å². The number of aromatic nitrogens is 1. The maximum Gasteiger partial charge on any atom is 0.271 e. The lowest BCUT2D eigenvalue weighted by Crippen LogP contribution is -1.98. The number of rotatable bonds is 2. The van der Waals surface area contributed by atoms with Crippen molar-refractivity contribution in [1.82, 2.24) is 4.57 Å². The maximum atomic E-state index is 10.7. The molecule has 1 heterocycles. The minimum Gasteiger partial charge on any atom is -0.344 e. The summed E-state index contributed by atoms with van der Waals surface area (Å²) in [5.74, 6) is 0. The molecular formula is C11H11BrN2O2. The largest absolute Gasteiger partial charge is 0.344 e. The SMILES string of the molecule is CC(C)n1cc(Br)c2ccc([N+](=O)[O-])cc21. The van der Waals surface area contributed by atoms with Crippen LogP contribution in [0.5, 0.6) is 0 Å². The number of nitro benzene ring substituents is 1. The van der Waals surface area contributed by atoms with Crippen molar-refractivity contribution in [2.45, 2.75) is 19.9 Å². The number of benzene rings is 1. The quantitative estimate of drug-likeness (QED) is 0.620. The highest BCUT2D eigenvalue weighted by atomic mass is 79.9. The Balaban J connectivity index is 2.74. The van der Waals surface area contributed by atoms with E-state index in [1.807, 2.05) is 24.6 Å². The molecular weight excluding hydrogens is 272 g/mol. The van der Waals surface area contributed by atoms with Gasteiger partial charge in [-0.1, -0.05) is 0 Å². The molecule has 0 amide bonds. The predicted molar refractivity (Wildman–Crippen MR) is 66.7 cm³/mol. The lowest BCUT2D eigenvalue weighted by Gasteiger charge is -2.08. The van der Waals surface area contributed by atoms with Gasteiger partial charge in [-0.3, -0.25) is 10.1 Å². The standard InChI is InChI=1S/C11H11BrN2O2/c1-7(2)13-6-10(12)9-4-3-8(14(15)16)5-11(9)13/h3-7H,1-2H3. The molecule has 2 rings (SSSR count). The van der Waals surface area contributed by atoms with Crippen LogP contribution in [0.15, 0.2) is 28.9 Å². The second kappa shape index (κ2) is 3.90. The molecule has 0 spiro atoms. The minimum absolute atomic E-state index is 0.125. The molecule has 0 N–H and O–H groups in total. The summed E-state index contributed by atoms with van der Waals surface area (Å²) in [7, 11) is 0. The summed E-state index contributed by atoms with van der Waals surface area (Å²) in [5, 5.41) is 11.7. The van der Waals surface area contributed by atoms with Crippen LogP contribution in [0.25, 0.3) is 10.9 Å². The van der Waals surface area contributed by atoms with Crippen LogP contribution in [0.2, 0.25) is 0 Å². The molecule has 0 aliphatic rings. The van der Waals surface area contributed by atoms with Gasteiger partial charge in [0, 0.05) is 34.2 Å². The molecule has 5 heteroatoms. The van der Waals surface area contributed by atoms with E-state index in [0.717, 1.165) is 15.4 Å². The van der Waals surface area contributed by atoms with Crippen LogP contribution in [-0.2, 0) is 0 Å². The number of nitro groups is 1. The van der Waals surface area contributed by atoms with Crippen molar-refractivity contribution in [2.75, 3.05) is 0 Å². The van der Waals surface area contributed by atoms with Crippen LogP contribution in [0.3, 0.4) is 0 Å². The summed E-state index contributed by atoms with van der Waals surface area (Å²) in [5.41, 5.74) is 1.01. The topological polar surface area (TPSA) is 48.1 Å². The van der Waals surface area contributed by atoms with Crippen LogP contribution in [0.4, 0.5) is 5.69 Å². The molecule has 1 aromatic carbocycles. The van der Waals surface area contributed by atoms with Gasteiger partial charge >= 0.3 is 0 Å². The Kier molecular flexibility index (Phi) is 2.71. The summed E-state index contributed by atoms with van der Waals surface area (Å²) < 4.78 is 2.98. The zero-order valence-electron chi connectivity index (χ0n) is 8.98. The average molecular weight is 283 g/mol. The molecule has 0 bridgehead atoms. The minimum atomic E-state index is -0.370. The van der Waals surface area contributed by atoms with Crippen LogP contribution >= 0.6 is 15.9 Å². The predicted octanol–water partition coefficient (Wildman–Crippen LogP) is 3.89. The molecule has 16 heavy (non-hydrogen) atoms. The highest BCUT2D eigenvalue weighted by Crippen LogP contribution is 2.31. The summed E-state index contributed by atoms with van der Waals surface area (Å²) in [4.78, 5) is 10.3. The Morgan fingerprint density at radius 2 is 2.12 bits per heavy atom. The smallest absolute Gasteiger partial charge is 0.271 e. The number of hydrogen-bond donors (Lipinski definition) is 0. The van der Waals surface area contributed by atoms with E-state index < -0.39 is 0 Å². The Bertz CT molecular complexity index is 560. The van der Waals surface area contributed by atoms with Crippen LogP contribution in [0.1, 0.15) is 19.9 Å². The molecule has 0 saturated heterocycles. The number of nitrogens with zero attached hydrogens (tertiary/aromatic N) is 2. The van der Waals surface area contributed by atoms with Crippen LogP contribution < -0.4 is 0 Å². The van der Waals surface area contributed by atoms with Crippen molar-refractivity contribution in [3.05, 3.63) is 39.0 Å². The summed E-state index contributed by atoms with van der Waals surface area (Å²) in [6, 6.07) is 5.18. The fraction of sp³-hybridized carbons (Fsp3) is 0.273. The highest BCUT2D eigenvalue weighted by molar-refractivity contribution is 9.10. The first-order chi connectivity index (χ1) is 7.50. The van der Waals surface area contributed by atoms with Gasteiger partial charge in [-0.15, -0.1) is 0 Å². The van der Waals surface area contributed by atoms with Gasteiger partial charge in [0.1, 0.15) is 0 Å². The molecule has 0 unspecified atom stereocenters. The third-order valence-corrected chi connectivity index (χ3v) is 3.17. The van der Waals surface area contributed by atoms with E-state index >= 15 is 0 Å². The zero-order valence-corrected chi connectivity index (χ0v) is 10.6. The maximum absolute atomic E-state index is 10.7. The van der Waals surface area contributed by atoms with E-state index in [2.05, 4.69) is 15.9 Å². The van der Waals surface area contributed by atoms with Gasteiger partial charge in [0.25, 0.3) is 5.69 Å². The number of non-ortho nitro benzene ring substituents is 1. The normalized spacial score (nSPS) is 11.2. The van der Waals surface area contributed by atoms with Gasteiger partial charge in [-0.05, 0) is 35.8 Å². The van der Waals surface area contributed by atoms with Gasteiger partial charge in [0.2, 0.25) is 0 Å². The van der Waals surface area contributed by atoms with E-state index in [9.17, 15) is 10.1 Å². The summed E-state index contributed by atoms with van der Waals surface area (Å²) in [6.07, 6.45) is 1.96. The molecule has 1 aromatic heterocycles. The molecule has 0 saturated carbocycles. The third kappa shape index (κ3) is 1.71. The van der Waals surface area contributed by atoms with Crippen LogP contribution in [-0.4, -0.2) is 9.49 Å². The Morgan fingerprint density at radius 1 is 1.44 bits per heavy atom. The van der Waals surface area contributed by atoms with E-state index in [4.69, 9.17) is 0 Å². The first-order valence-electron chi connectivity index (χ1n) is 4.95. The molecule has 0 radical (unpaired) electrons. The van der Waals surface area contributed by atoms with Crippen molar-refractivity contribution < 1.29 is 4.92 Å². The summed E-state index contributed by atoms with van der Waals surface area (Å²) in [6.45, 7) is 4.09. The molecule has 2 aromatic rings. The second-order valence-electron chi connectivity index (χ2n) is 3.94. The Labute approximate surface area is 101 Å². The highest BCUT2D eigenvalue weighted by Gasteiger charge is 2.13. The van der Waals surface area contributed by atoms with Crippen molar-refractivity contribution >= 4 is 32.5 Å². The lowest BCUT2D eigenvalue weighted by molar-refractivity contribution is -0.384. The monoisotopic (exact) mass is 282 g/mol. The first-order valence-corrected chi connectivity index (χ1v) is 5.74. The van der Waals surface area contributed by atoms with Gasteiger partial charge < -0.3 is 4.57 Å². The number of fused-ring (bicyclic) bond motifs is 1. The molecule has 4 nitrogen and oxygen atoms in total. The first kappa shape index (κ1) is 11.1. The van der Waals surface area contributed by atoms with Gasteiger partial charge in [0.15, 0.2) is 0 Å². The van der Waals surface area contributed by atoms with E-state index in [1.54, 1.807) is 12.1 Å². The average Bonchev–Trinajstić information content (AvgIpc) is 2.56. The molecule has 0 aliphatic carbocycles. The Morgan fingerprint density at radius 3 is 2.69 bits per heavy atom. The summed E-state index contributed by atoms with van der Waals surface area (Å²) >= 11 is 3.46. The van der Waals surface area contributed by atoms with Gasteiger partial charge in [-0.2, -0.15) is 0 Å². The van der Waals surface area contributed by atoms with Crippen LogP contribution in [0, 0.1) is 10.1 Å². The lowest BCUT2D eigenvalue weighted by atomic mass is 10.2. The molecule has 84 valence electrons. The molecule has 0 fully saturated rings. The third-order valence-electron chi connectivity index (χ3n) is 2.54. The molecule has 0 atom stereocenters. The van der Waals surface area contributed by atoms with Gasteiger partial charge in [-0.25, -0.2) is 0 Å².